The maximum absolute atomic E-state index is 11.7. The molecule has 6 fully saturated rings. The van der Waals surface area contributed by atoms with Gasteiger partial charge in [-0.2, -0.15) is 0 Å². The molecule has 2 N–H and O–H groups in total. The molecular formula is C16H18O10. The fraction of sp³-hybridized carbons (Fsp3) is 0.875. The molecule has 4 bridgehead atoms. The van der Waals surface area contributed by atoms with Crippen LogP contribution in [0.3, 0.4) is 0 Å². The van der Waals surface area contributed by atoms with Crippen LogP contribution >= 0.6 is 0 Å². The molecule has 0 radical (unpaired) electrons. The third kappa shape index (κ3) is 1.92. The van der Waals surface area contributed by atoms with Gasteiger partial charge in [-0.05, 0) is 0 Å². The van der Waals surface area contributed by atoms with Gasteiger partial charge in [0.2, 0.25) is 12.6 Å². The number of carbonyl (C=O) groups excluding carboxylic acids is 2. The number of esters is 2. The van der Waals surface area contributed by atoms with Crippen molar-refractivity contribution in [2.75, 3.05) is 0 Å². The third-order valence-corrected chi connectivity index (χ3v) is 6.32. The molecule has 4 heterocycles. The van der Waals surface area contributed by atoms with Gasteiger partial charge in [0, 0.05) is 25.7 Å². The Morgan fingerprint density at radius 3 is 1.46 bits per heavy atom. The van der Waals surface area contributed by atoms with Gasteiger partial charge in [0.15, 0.2) is 11.2 Å². The van der Waals surface area contributed by atoms with Crippen LogP contribution in [0, 0.1) is 0 Å². The van der Waals surface area contributed by atoms with Crippen LogP contribution in [0.25, 0.3) is 0 Å². The fourth-order valence-corrected chi connectivity index (χ4v) is 5.06. The maximum Gasteiger partial charge on any atom is 0.338 e. The smallest absolute Gasteiger partial charge is 0.338 e. The summed E-state index contributed by atoms with van der Waals surface area (Å²) in [4.78, 5) is 23.5. The molecule has 0 aromatic heterocycles. The second kappa shape index (κ2) is 4.75. The topological polar surface area (TPSA) is 130 Å². The lowest BCUT2D eigenvalue weighted by atomic mass is 9.82. The SMILES string of the molecule is O=C1OC2CC1(O)CC1OC(C3OC4CC5(O)CC(OC5=O)C4O3)OC21. The highest BCUT2D eigenvalue weighted by atomic mass is 16.8. The molecule has 0 aromatic rings. The first-order valence-electron chi connectivity index (χ1n) is 8.83. The average molecular weight is 370 g/mol. The molecule has 4 aliphatic heterocycles. The summed E-state index contributed by atoms with van der Waals surface area (Å²) in [5.74, 6) is -1.27. The van der Waals surface area contributed by atoms with Crippen molar-refractivity contribution in [3.63, 3.8) is 0 Å². The van der Waals surface area contributed by atoms with Crippen LogP contribution in [0.1, 0.15) is 25.7 Å². The Morgan fingerprint density at radius 2 is 1.04 bits per heavy atom. The van der Waals surface area contributed by atoms with E-state index in [4.69, 9.17) is 28.4 Å². The summed E-state index contributed by atoms with van der Waals surface area (Å²) in [6, 6.07) is 0. The van der Waals surface area contributed by atoms with Crippen LogP contribution in [0.2, 0.25) is 0 Å². The molecule has 26 heavy (non-hydrogen) atoms. The van der Waals surface area contributed by atoms with Gasteiger partial charge in [-0.15, -0.1) is 0 Å². The molecule has 10 nitrogen and oxygen atoms in total. The van der Waals surface area contributed by atoms with Gasteiger partial charge in [-0.3, -0.25) is 0 Å². The van der Waals surface area contributed by atoms with Crippen molar-refractivity contribution in [3.8, 4) is 0 Å². The number of fused-ring (bicyclic) bond motifs is 8. The Kier molecular flexibility index (Phi) is 2.87. The second-order valence-corrected chi connectivity index (χ2v) is 8.05. The van der Waals surface area contributed by atoms with Crippen LogP contribution in [-0.2, 0) is 38.0 Å². The molecule has 142 valence electrons. The van der Waals surface area contributed by atoms with Crippen molar-refractivity contribution in [2.24, 2.45) is 0 Å². The normalized spacial score (nSPS) is 59.8. The number of carbonyl (C=O) groups is 2. The third-order valence-electron chi connectivity index (χ3n) is 6.32. The molecule has 2 aliphatic carbocycles. The zero-order valence-electron chi connectivity index (χ0n) is 13.6. The van der Waals surface area contributed by atoms with E-state index in [0.717, 1.165) is 0 Å². The van der Waals surface area contributed by atoms with Crippen LogP contribution < -0.4 is 0 Å². The van der Waals surface area contributed by atoms with Crippen LogP contribution in [0.4, 0.5) is 0 Å². The molecule has 0 amide bonds. The average Bonchev–Trinajstić information content (AvgIpc) is 3.27. The molecule has 0 aromatic carbocycles. The van der Waals surface area contributed by atoms with E-state index in [2.05, 4.69) is 0 Å². The van der Waals surface area contributed by atoms with E-state index in [1.807, 2.05) is 0 Å². The van der Waals surface area contributed by atoms with Gasteiger partial charge in [0.25, 0.3) is 0 Å². The van der Waals surface area contributed by atoms with Crippen molar-refractivity contribution in [1.29, 1.82) is 0 Å². The molecule has 10 atom stereocenters. The fourth-order valence-electron chi connectivity index (χ4n) is 5.06. The lowest BCUT2D eigenvalue weighted by molar-refractivity contribution is -0.229. The number of rotatable bonds is 1. The first-order valence-corrected chi connectivity index (χ1v) is 8.83. The minimum Gasteiger partial charge on any atom is -0.457 e. The lowest BCUT2D eigenvalue weighted by Gasteiger charge is -2.29. The predicted octanol–water partition coefficient (Wildman–Crippen LogP) is -1.89. The van der Waals surface area contributed by atoms with Gasteiger partial charge in [0.1, 0.15) is 24.4 Å². The Hall–Kier alpha value is -1.30. The van der Waals surface area contributed by atoms with E-state index >= 15 is 0 Å². The number of ether oxygens (including phenoxy) is 6. The van der Waals surface area contributed by atoms with E-state index in [1.165, 1.54) is 0 Å². The maximum atomic E-state index is 11.7. The molecule has 10 heteroatoms. The Bertz CT molecular complexity index is 639. The molecule has 10 unspecified atom stereocenters. The molecular weight excluding hydrogens is 352 g/mol. The summed E-state index contributed by atoms with van der Waals surface area (Å²) in [5, 5.41) is 20.7. The van der Waals surface area contributed by atoms with Gasteiger partial charge < -0.3 is 38.6 Å². The van der Waals surface area contributed by atoms with Crippen LogP contribution in [-0.4, -0.2) is 82.6 Å². The summed E-state index contributed by atoms with van der Waals surface area (Å²) in [5.41, 5.74) is -3.04. The molecule has 6 aliphatic rings. The van der Waals surface area contributed by atoms with Crippen molar-refractivity contribution in [3.05, 3.63) is 0 Å². The molecule has 4 saturated heterocycles. The van der Waals surface area contributed by atoms with E-state index in [0.29, 0.717) is 0 Å². The molecule has 2 saturated carbocycles. The highest BCUT2D eigenvalue weighted by Crippen LogP contribution is 2.48. The molecule has 6 rings (SSSR count). The van der Waals surface area contributed by atoms with Crippen molar-refractivity contribution in [1.82, 2.24) is 0 Å². The minimum absolute atomic E-state index is 0.100. The Morgan fingerprint density at radius 1 is 0.654 bits per heavy atom. The first-order chi connectivity index (χ1) is 12.3. The largest absolute Gasteiger partial charge is 0.457 e. The van der Waals surface area contributed by atoms with E-state index in [9.17, 15) is 19.8 Å². The van der Waals surface area contributed by atoms with Crippen molar-refractivity contribution >= 4 is 11.9 Å². The van der Waals surface area contributed by atoms with Gasteiger partial charge in [0.05, 0.1) is 12.2 Å². The summed E-state index contributed by atoms with van der Waals surface area (Å²) in [7, 11) is 0. The van der Waals surface area contributed by atoms with Gasteiger partial charge in [-0.1, -0.05) is 0 Å². The van der Waals surface area contributed by atoms with E-state index < -0.39 is 72.3 Å². The standard InChI is InChI=1S/C16H18O10/c17-13-15(19)1-5-9(7(3-15)23-13)25-11(21-5)12-22-6-2-16(20)4-8(10(6)26-12)24-14(16)18/h5-12,19-20H,1-4H2. The van der Waals surface area contributed by atoms with E-state index in [1.54, 1.807) is 0 Å². The minimum atomic E-state index is -1.52. The highest BCUT2D eigenvalue weighted by molar-refractivity contribution is 5.82. The van der Waals surface area contributed by atoms with Crippen LogP contribution in [0.5, 0.6) is 0 Å². The Balaban J connectivity index is 1.18. The predicted molar refractivity (Wildman–Crippen MR) is 75.2 cm³/mol. The zero-order valence-corrected chi connectivity index (χ0v) is 13.6. The van der Waals surface area contributed by atoms with Gasteiger partial charge >= 0.3 is 11.9 Å². The number of hydrogen-bond acceptors (Lipinski definition) is 10. The van der Waals surface area contributed by atoms with Crippen molar-refractivity contribution in [2.45, 2.75) is 86.1 Å². The first kappa shape index (κ1) is 15.7. The van der Waals surface area contributed by atoms with Crippen molar-refractivity contribution < 1.29 is 48.2 Å². The summed E-state index contributed by atoms with van der Waals surface area (Å²) >= 11 is 0. The quantitative estimate of drug-likeness (QED) is 0.505. The second-order valence-electron chi connectivity index (χ2n) is 8.05. The zero-order chi connectivity index (χ0) is 17.8. The van der Waals surface area contributed by atoms with Crippen LogP contribution in [0.15, 0.2) is 0 Å². The summed E-state index contributed by atoms with van der Waals surface area (Å²) in [6.07, 6.45) is -4.20. The summed E-state index contributed by atoms with van der Waals surface area (Å²) < 4.78 is 33.8. The number of hydrogen-bond donors (Lipinski definition) is 2. The lowest BCUT2D eigenvalue weighted by Crippen LogP contribution is -2.47. The summed E-state index contributed by atoms with van der Waals surface area (Å²) in [6.45, 7) is 0. The Labute approximate surface area is 147 Å². The highest BCUT2D eigenvalue weighted by Gasteiger charge is 2.65. The van der Waals surface area contributed by atoms with E-state index in [-0.39, 0.29) is 25.7 Å². The number of aliphatic hydroxyl groups is 2. The molecule has 0 spiro atoms. The van der Waals surface area contributed by atoms with Gasteiger partial charge in [-0.25, -0.2) is 9.59 Å². The monoisotopic (exact) mass is 370 g/mol.